The molecule has 5 heteroatoms. The van der Waals surface area contributed by atoms with Gasteiger partial charge in [0.1, 0.15) is 0 Å². The molecule has 0 bridgehead atoms. The summed E-state index contributed by atoms with van der Waals surface area (Å²) in [5.74, 6) is 0.477. The minimum Gasteiger partial charge on any atom is -0.391 e. The zero-order chi connectivity index (χ0) is 13.9. The summed E-state index contributed by atoms with van der Waals surface area (Å²) in [6.07, 6.45) is 3.31. The molecule has 0 saturated carbocycles. The van der Waals surface area contributed by atoms with Crippen LogP contribution < -0.4 is 0 Å². The average Bonchev–Trinajstić information content (AvgIpc) is 2.94. The summed E-state index contributed by atoms with van der Waals surface area (Å²) in [6, 6.07) is 9.62. The van der Waals surface area contributed by atoms with Gasteiger partial charge in [0, 0.05) is 31.0 Å². The lowest BCUT2D eigenvalue weighted by atomic mass is 10.2. The molecule has 1 saturated heterocycles. The number of aliphatic hydroxyl groups is 1. The molecular formula is C15H15N3O2. The van der Waals surface area contributed by atoms with Gasteiger partial charge in [-0.15, -0.1) is 0 Å². The van der Waals surface area contributed by atoms with Crippen molar-refractivity contribution in [2.45, 2.75) is 12.5 Å². The van der Waals surface area contributed by atoms with Gasteiger partial charge in [-0.25, -0.2) is 9.97 Å². The maximum atomic E-state index is 12.2. The summed E-state index contributed by atoms with van der Waals surface area (Å²) in [4.78, 5) is 22.3. The van der Waals surface area contributed by atoms with Crippen LogP contribution in [0.25, 0.3) is 11.4 Å². The van der Waals surface area contributed by atoms with Crippen molar-refractivity contribution in [2.75, 3.05) is 13.1 Å². The molecule has 1 aromatic heterocycles. The number of nitrogens with zero attached hydrogens (tertiary/aromatic N) is 3. The van der Waals surface area contributed by atoms with E-state index in [0.29, 0.717) is 30.9 Å². The minimum atomic E-state index is -0.413. The smallest absolute Gasteiger partial charge is 0.257 e. The number of carbonyl (C=O) groups excluding carboxylic acids is 1. The maximum absolute atomic E-state index is 12.2. The quantitative estimate of drug-likeness (QED) is 0.893. The molecule has 0 spiro atoms. The number of likely N-dealkylation sites (tertiary alicyclic amines) is 1. The van der Waals surface area contributed by atoms with E-state index in [1.807, 2.05) is 30.3 Å². The molecule has 1 atom stereocenters. The molecule has 0 unspecified atom stereocenters. The van der Waals surface area contributed by atoms with Gasteiger partial charge < -0.3 is 10.0 Å². The fourth-order valence-electron chi connectivity index (χ4n) is 2.28. The highest BCUT2D eigenvalue weighted by Crippen LogP contribution is 2.16. The fraction of sp³-hybridized carbons (Fsp3) is 0.267. The van der Waals surface area contributed by atoms with Crippen molar-refractivity contribution in [1.29, 1.82) is 0 Å². The molecule has 3 rings (SSSR count). The average molecular weight is 269 g/mol. The van der Waals surface area contributed by atoms with E-state index in [1.54, 1.807) is 17.3 Å². The highest BCUT2D eigenvalue weighted by atomic mass is 16.3. The molecule has 1 aromatic carbocycles. The molecule has 1 N–H and O–H groups in total. The summed E-state index contributed by atoms with van der Waals surface area (Å²) in [5.41, 5.74) is 1.38. The van der Waals surface area contributed by atoms with Crippen LogP contribution in [0.5, 0.6) is 0 Å². The Labute approximate surface area is 116 Å². The third-order valence-electron chi connectivity index (χ3n) is 3.38. The van der Waals surface area contributed by atoms with Crippen molar-refractivity contribution >= 4 is 5.91 Å². The summed E-state index contributed by atoms with van der Waals surface area (Å²) in [6.45, 7) is 0.972. The lowest BCUT2D eigenvalue weighted by Crippen LogP contribution is -2.29. The highest BCUT2D eigenvalue weighted by molar-refractivity contribution is 5.94. The summed E-state index contributed by atoms with van der Waals surface area (Å²) < 4.78 is 0. The maximum Gasteiger partial charge on any atom is 0.257 e. The number of hydrogen-bond donors (Lipinski definition) is 1. The number of aromatic nitrogens is 2. The van der Waals surface area contributed by atoms with E-state index in [-0.39, 0.29) is 5.91 Å². The van der Waals surface area contributed by atoms with Crippen LogP contribution in [0, 0.1) is 0 Å². The van der Waals surface area contributed by atoms with Crippen LogP contribution in [0.3, 0.4) is 0 Å². The molecule has 2 heterocycles. The Hall–Kier alpha value is -2.27. The zero-order valence-electron chi connectivity index (χ0n) is 10.9. The topological polar surface area (TPSA) is 66.3 Å². The van der Waals surface area contributed by atoms with Gasteiger partial charge in [0.15, 0.2) is 5.82 Å². The van der Waals surface area contributed by atoms with Crippen molar-refractivity contribution in [3.05, 3.63) is 48.3 Å². The second-order valence-corrected chi connectivity index (χ2v) is 4.86. The van der Waals surface area contributed by atoms with Crippen LogP contribution >= 0.6 is 0 Å². The predicted molar refractivity (Wildman–Crippen MR) is 74.0 cm³/mol. The van der Waals surface area contributed by atoms with Gasteiger partial charge in [0.2, 0.25) is 0 Å². The number of aliphatic hydroxyl groups excluding tert-OH is 1. The third-order valence-corrected chi connectivity index (χ3v) is 3.38. The molecule has 1 amide bonds. The summed E-state index contributed by atoms with van der Waals surface area (Å²) in [7, 11) is 0. The van der Waals surface area contributed by atoms with Crippen molar-refractivity contribution in [2.24, 2.45) is 0 Å². The number of amides is 1. The van der Waals surface area contributed by atoms with E-state index >= 15 is 0 Å². The van der Waals surface area contributed by atoms with Gasteiger partial charge in [-0.1, -0.05) is 30.3 Å². The molecule has 5 nitrogen and oxygen atoms in total. The monoisotopic (exact) mass is 269 g/mol. The van der Waals surface area contributed by atoms with Crippen molar-refractivity contribution in [3.8, 4) is 11.4 Å². The van der Waals surface area contributed by atoms with E-state index in [2.05, 4.69) is 9.97 Å². The Kier molecular flexibility index (Phi) is 3.43. The van der Waals surface area contributed by atoms with Crippen LogP contribution in [0.2, 0.25) is 0 Å². The Morgan fingerprint density at radius 3 is 2.50 bits per heavy atom. The normalized spacial score (nSPS) is 18.2. The molecule has 1 aliphatic rings. The van der Waals surface area contributed by atoms with E-state index in [1.165, 1.54) is 0 Å². The summed E-state index contributed by atoms with van der Waals surface area (Å²) >= 11 is 0. The van der Waals surface area contributed by atoms with E-state index in [4.69, 9.17) is 0 Å². The van der Waals surface area contributed by atoms with Crippen LogP contribution in [0.15, 0.2) is 42.7 Å². The standard InChI is InChI=1S/C15H15N3O2/c19-13-6-7-18(10-13)15(20)12-8-16-14(17-9-12)11-4-2-1-3-5-11/h1-5,8-9,13,19H,6-7,10H2/t13-/m1/s1. The second-order valence-electron chi connectivity index (χ2n) is 4.86. The molecule has 0 aliphatic carbocycles. The van der Waals surface area contributed by atoms with Gasteiger partial charge in [-0.3, -0.25) is 4.79 Å². The van der Waals surface area contributed by atoms with Crippen molar-refractivity contribution in [1.82, 2.24) is 14.9 Å². The number of β-amino-alcohol motifs (C(OH)–C–C–N with tert-alkyl or cyclic N) is 1. The van der Waals surface area contributed by atoms with Crippen LogP contribution in [-0.4, -0.2) is 45.1 Å². The van der Waals surface area contributed by atoms with Crippen molar-refractivity contribution in [3.63, 3.8) is 0 Å². The SMILES string of the molecule is O=C(c1cnc(-c2ccccc2)nc1)N1CC[C@@H](O)C1. The Morgan fingerprint density at radius 2 is 1.90 bits per heavy atom. The largest absolute Gasteiger partial charge is 0.391 e. The van der Waals surface area contributed by atoms with Gasteiger partial charge in [-0.05, 0) is 6.42 Å². The number of hydrogen-bond acceptors (Lipinski definition) is 4. The number of benzene rings is 1. The van der Waals surface area contributed by atoms with Gasteiger partial charge >= 0.3 is 0 Å². The van der Waals surface area contributed by atoms with Crippen LogP contribution in [-0.2, 0) is 0 Å². The van der Waals surface area contributed by atoms with Gasteiger partial charge in [0.25, 0.3) is 5.91 Å². The number of rotatable bonds is 2. The lowest BCUT2D eigenvalue weighted by Gasteiger charge is -2.14. The lowest BCUT2D eigenvalue weighted by molar-refractivity contribution is 0.0764. The molecular weight excluding hydrogens is 254 g/mol. The Balaban J connectivity index is 1.78. The Bertz CT molecular complexity index is 598. The van der Waals surface area contributed by atoms with Crippen LogP contribution in [0.1, 0.15) is 16.8 Å². The predicted octanol–water partition coefficient (Wildman–Crippen LogP) is 1.35. The van der Waals surface area contributed by atoms with E-state index < -0.39 is 6.10 Å². The molecule has 1 aliphatic heterocycles. The first-order chi connectivity index (χ1) is 9.74. The number of carbonyl (C=O) groups is 1. The zero-order valence-corrected chi connectivity index (χ0v) is 10.9. The van der Waals surface area contributed by atoms with Gasteiger partial charge in [-0.2, -0.15) is 0 Å². The second kappa shape index (κ2) is 5.38. The van der Waals surface area contributed by atoms with Gasteiger partial charge in [0.05, 0.1) is 11.7 Å². The van der Waals surface area contributed by atoms with E-state index in [0.717, 1.165) is 5.56 Å². The molecule has 1 fully saturated rings. The molecule has 20 heavy (non-hydrogen) atoms. The highest BCUT2D eigenvalue weighted by Gasteiger charge is 2.25. The molecule has 102 valence electrons. The van der Waals surface area contributed by atoms with Crippen molar-refractivity contribution < 1.29 is 9.90 Å². The molecule has 0 radical (unpaired) electrons. The fourth-order valence-corrected chi connectivity index (χ4v) is 2.28. The third kappa shape index (κ3) is 2.53. The molecule has 2 aromatic rings. The summed E-state index contributed by atoms with van der Waals surface area (Å²) in [5, 5.41) is 9.46. The first kappa shape index (κ1) is 12.7. The van der Waals surface area contributed by atoms with E-state index in [9.17, 15) is 9.90 Å². The minimum absolute atomic E-state index is 0.124. The first-order valence-corrected chi connectivity index (χ1v) is 6.59. The Morgan fingerprint density at radius 1 is 1.20 bits per heavy atom. The first-order valence-electron chi connectivity index (χ1n) is 6.59. The van der Waals surface area contributed by atoms with Crippen LogP contribution in [0.4, 0.5) is 0 Å².